The van der Waals surface area contributed by atoms with E-state index in [1.54, 1.807) is 6.07 Å². The van der Waals surface area contributed by atoms with Crippen LogP contribution in [0.5, 0.6) is 0 Å². The second-order valence-electron chi connectivity index (χ2n) is 3.61. The van der Waals surface area contributed by atoms with Crippen LogP contribution < -0.4 is 0 Å². The predicted molar refractivity (Wildman–Crippen MR) is 72.3 cm³/mol. The van der Waals surface area contributed by atoms with Crippen LogP contribution in [0.25, 0.3) is 0 Å². The van der Waals surface area contributed by atoms with Gasteiger partial charge in [0.05, 0.1) is 4.34 Å². The Morgan fingerprint density at radius 3 is 2.62 bits per heavy atom. The van der Waals surface area contributed by atoms with Crippen molar-refractivity contribution >= 4 is 38.9 Å². The smallest absolute Gasteiger partial charge is 0.113 e. The second kappa shape index (κ2) is 4.88. The van der Waals surface area contributed by atoms with Gasteiger partial charge in [0.1, 0.15) is 6.10 Å². The number of aryl methyl sites for hydroxylation is 1. The van der Waals surface area contributed by atoms with Crippen molar-refractivity contribution in [2.75, 3.05) is 0 Å². The Morgan fingerprint density at radius 1 is 1.31 bits per heavy atom. The minimum atomic E-state index is -0.603. The van der Waals surface area contributed by atoms with E-state index in [1.165, 1.54) is 11.3 Å². The zero-order chi connectivity index (χ0) is 11.7. The summed E-state index contributed by atoms with van der Waals surface area (Å²) in [5, 5.41) is 10.2. The first-order valence-corrected chi connectivity index (χ1v) is 6.75. The van der Waals surface area contributed by atoms with Crippen molar-refractivity contribution in [1.82, 2.24) is 0 Å². The Morgan fingerprint density at radius 2 is 2.06 bits per heavy atom. The molecule has 0 saturated heterocycles. The second-order valence-corrected chi connectivity index (χ2v) is 6.27. The van der Waals surface area contributed by atoms with Gasteiger partial charge < -0.3 is 5.11 Å². The van der Waals surface area contributed by atoms with Gasteiger partial charge >= 0.3 is 0 Å². The molecule has 0 aliphatic rings. The van der Waals surface area contributed by atoms with Gasteiger partial charge in [-0.3, -0.25) is 0 Å². The molecule has 0 spiro atoms. The van der Waals surface area contributed by atoms with Crippen LogP contribution >= 0.6 is 38.9 Å². The van der Waals surface area contributed by atoms with Gasteiger partial charge in [0.25, 0.3) is 0 Å². The molecule has 1 N–H and O–H groups in total. The van der Waals surface area contributed by atoms with Gasteiger partial charge in [-0.25, -0.2) is 0 Å². The van der Waals surface area contributed by atoms with Crippen LogP contribution in [0, 0.1) is 6.92 Å². The molecule has 1 unspecified atom stereocenters. The molecule has 0 aliphatic carbocycles. The Bertz CT molecular complexity index is 489. The third-order valence-electron chi connectivity index (χ3n) is 2.24. The fourth-order valence-corrected chi connectivity index (χ4v) is 3.26. The van der Waals surface area contributed by atoms with E-state index in [9.17, 15) is 5.11 Å². The number of thiophene rings is 1. The molecule has 2 rings (SSSR count). The lowest BCUT2D eigenvalue weighted by atomic mass is 10.1. The van der Waals surface area contributed by atoms with Crippen LogP contribution in [0.4, 0.5) is 0 Å². The third kappa shape index (κ3) is 2.66. The van der Waals surface area contributed by atoms with Crippen LogP contribution in [-0.2, 0) is 0 Å². The van der Waals surface area contributed by atoms with Crippen LogP contribution in [0.3, 0.4) is 0 Å². The number of hydrogen-bond donors (Lipinski definition) is 1. The quantitative estimate of drug-likeness (QED) is 0.861. The largest absolute Gasteiger partial charge is 0.383 e. The minimum absolute atomic E-state index is 0.603. The van der Waals surface area contributed by atoms with Gasteiger partial charge in [-0.05, 0) is 42.3 Å². The molecular weight excluding hydrogens is 308 g/mol. The maximum absolute atomic E-state index is 10.2. The van der Waals surface area contributed by atoms with Gasteiger partial charge in [0, 0.05) is 9.35 Å². The van der Waals surface area contributed by atoms with Gasteiger partial charge in [-0.15, -0.1) is 11.3 Å². The molecule has 0 saturated carbocycles. The van der Waals surface area contributed by atoms with Crippen LogP contribution in [0.1, 0.15) is 22.1 Å². The molecule has 0 aliphatic heterocycles. The van der Waals surface area contributed by atoms with Crippen molar-refractivity contribution in [3.63, 3.8) is 0 Å². The molecule has 1 aromatic heterocycles. The average molecular weight is 318 g/mol. The number of hydrogen-bond acceptors (Lipinski definition) is 2. The summed E-state index contributed by atoms with van der Waals surface area (Å²) in [6.45, 7) is 2.00. The molecular formula is C12H10BrClOS. The highest BCUT2D eigenvalue weighted by Gasteiger charge is 2.13. The Balaban J connectivity index is 2.37. The zero-order valence-corrected chi connectivity index (χ0v) is 11.7. The van der Waals surface area contributed by atoms with Gasteiger partial charge in [0.2, 0.25) is 0 Å². The third-order valence-corrected chi connectivity index (χ3v) is 3.99. The van der Waals surface area contributed by atoms with E-state index in [1.807, 2.05) is 31.2 Å². The lowest BCUT2D eigenvalue weighted by Gasteiger charge is -2.10. The van der Waals surface area contributed by atoms with Crippen molar-refractivity contribution < 1.29 is 5.11 Å². The first kappa shape index (κ1) is 12.1. The summed E-state index contributed by atoms with van der Waals surface area (Å²) in [4.78, 5) is 0.863. The Hall–Kier alpha value is -0.350. The van der Waals surface area contributed by atoms with Gasteiger partial charge in [-0.2, -0.15) is 0 Å². The Kier molecular flexibility index (Phi) is 3.70. The fraction of sp³-hybridized carbons (Fsp3) is 0.167. The lowest BCUT2D eigenvalue weighted by molar-refractivity contribution is 0.224. The molecule has 0 radical (unpaired) electrons. The molecule has 1 atom stereocenters. The summed E-state index contributed by atoms with van der Waals surface area (Å²) < 4.78 is 1.67. The van der Waals surface area contributed by atoms with E-state index < -0.39 is 6.10 Å². The molecule has 2 aromatic rings. The van der Waals surface area contributed by atoms with Crippen molar-refractivity contribution in [3.05, 3.63) is 55.1 Å². The number of aliphatic hydroxyl groups is 1. The molecule has 0 amide bonds. The van der Waals surface area contributed by atoms with Crippen LogP contribution in [0.2, 0.25) is 4.34 Å². The van der Waals surface area contributed by atoms with E-state index in [0.29, 0.717) is 4.34 Å². The van der Waals surface area contributed by atoms with E-state index in [-0.39, 0.29) is 0 Å². The highest BCUT2D eigenvalue weighted by Crippen LogP contribution is 2.32. The van der Waals surface area contributed by atoms with Crippen LogP contribution in [0.15, 0.2) is 34.8 Å². The summed E-state index contributed by atoms with van der Waals surface area (Å²) in [6.07, 6.45) is -0.603. The van der Waals surface area contributed by atoms with Crippen molar-refractivity contribution in [2.24, 2.45) is 0 Å². The standard InChI is InChI=1S/C12H10BrClOS/c1-7-4-8(6-9(13)5-7)12(15)10-2-3-11(14)16-10/h2-6,12,15H,1H3. The number of halogens is 2. The van der Waals surface area contributed by atoms with Gasteiger partial charge in [-0.1, -0.05) is 33.6 Å². The average Bonchev–Trinajstić information content (AvgIpc) is 2.62. The van der Waals surface area contributed by atoms with Gasteiger partial charge in [0.15, 0.2) is 0 Å². The molecule has 1 heterocycles. The Labute approximate surface area is 112 Å². The molecule has 84 valence electrons. The highest BCUT2D eigenvalue weighted by atomic mass is 79.9. The number of rotatable bonds is 2. The molecule has 1 aromatic carbocycles. The molecule has 16 heavy (non-hydrogen) atoms. The summed E-state index contributed by atoms with van der Waals surface area (Å²) in [6, 6.07) is 9.56. The van der Waals surface area contributed by atoms with E-state index in [0.717, 1.165) is 20.5 Å². The SMILES string of the molecule is Cc1cc(Br)cc(C(O)c2ccc(Cl)s2)c1. The highest BCUT2D eigenvalue weighted by molar-refractivity contribution is 9.10. The van der Waals surface area contributed by atoms with Crippen molar-refractivity contribution in [3.8, 4) is 0 Å². The first-order chi connectivity index (χ1) is 7.56. The molecule has 4 heteroatoms. The molecule has 0 fully saturated rings. The maximum Gasteiger partial charge on any atom is 0.113 e. The summed E-state index contributed by atoms with van der Waals surface area (Å²) in [7, 11) is 0. The van der Waals surface area contributed by atoms with E-state index >= 15 is 0 Å². The van der Waals surface area contributed by atoms with Crippen molar-refractivity contribution in [1.29, 1.82) is 0 Å². The molecule has 1 nitrogen and oxygen atoms in total. The predicted octanol–water partition coefficient (Wildman–Crippen LogP) is 4.55. The van der Waals surface area contributed by atoms with E-state index in [2.05, 4.69) is 15.9 Å². The number of benzene rings is 1. The lowest BCUT2D eigenvalue weighted by Crippen LogP contribution is -1.97. The van der Waals surface area contributed by atoms with Crippen molar-refractivity contribution in [2.45, 2.75) is 13.0 Å². The van der Waals surface area contributed by atoms with E-state index in [4.69, 9.17) is 11.6 Å². The summed E-state index contributed by atoms with van der Waals surface area (Å²) in [5.41, 5.74) is 2.00. The summed E-state index contributed by atoms with van der Waals surface area (Å²) in [5.74, 6) is 0. The zero-order valence-electron chi connectivity index (χ0n) is 8.58. The van der Waals surface area contributed by atoms with Crippen LogP contribution in [-0.4, -0.2) is 5.11 Å². The maximum atomic E-state index is 10.2. The topological polar surface area (TPSA) is 20.2 Å². The normalized spacial score (nSPS) is 12.8. The fourth-order valence-electron chi connectivity index (χ4n) is 1.56. The minimum Gasteiger partial charge on any atom is -0.383 e. The summed E-state index contributed by atoms with van der Waals surface area (Å²) >= 11 is 10.7. The number of aliphatic hydroxyl groups excluding tert-OH is 1. The molecule has 0 bridgehead atoms. The first-order valence-electron chi connectivity index (χ1n) is 4.76. The monoisotopic (exact) mass is 316 g/mol.